The lowest BCUT2D eigenvalue weighted by molar-refractivity contribution is -0.473. The molecule has 0 aliphatic carbocycles. The fourth-order valence-electron chi connectivity index (χ4n) is 2.19. The van der Waals surface area contributed by atoms with Crippen molar-refractivity contribution in [1.29, 1.82) is 0 Å². The maximum atomic E-state index is 5.86. The van der Waals surface area contributed by atoms with Gasteiger partial charge in [-0.2, -0.15) is 0 Å². The second kappa shape index (κ2) is 5.93. The molecule has 0 aromatic heterocycles. The molecule has 1 fully saturated rings. The molecular formula is C10H22O7Si. The van der Waals surface area contributed by atoms with E-state index < -0.39 is 20.6 Å². The fourth-order valence-corrected chi connectivity index (χ4v) is 4.40. The van der Waals surface area contributed by atoms with Gasteiger partial charge < -0.3 is 32.2 Å². The van der Waals surface area contributed by atoms with Crippen LogP contribution in [0.25, 0.3) is 0 Å². The Hall–Kier alpha value is -0.0631. The molecule has 1 aliphatic heterocycles. The summed E-state index contributed by atoms with van der Waals surface area (Å²) in [5.74, 6) is -2.68. The van der Waals surface area contributed by atoms with Gasteiger partial charge in [-0.1, -0.05) is 0 Å². The Morgan fingerprint density at radius 3 is 1.67 bits per heavy atom. The molecule has 1 heterocycles. The first-order chi connectivity index (χ1) is 8.53. The van der Waals surface area contributed by atoms with Crippen LogP contribution in [0.2, 0.25) is 6.04 Å². The highest BCUT2D eigenvalue weighted by atomic mass is 28.4. The summed E-state index contributed by atoms with van der Waals surface area (Å²) in [6.45, 7) is 0. The number of hydrogen-bond donors (Lipinski definition) is 0. The van der Waals surface area contributed by atoms with Crippen LogP contribution < -0.4 is 0 Å². The Morgan fingerprint density at radius 1 is 0.833 bits per heavy atom. The summed E-state index contributed by atoms with van der Waals surface area (Å²) < 4.78 is 38.2. The third-order valence-corrected chi connectivity index (χ3v) is 6.02. The summed E-state index contributed by atoms with van der Waals surface area (Å²) in [7, 11) is 6.16. The van der Waals surface area contributed by atoms with Gasteiger partial charge in [-0.3, -0.25) is 0 Å². The third kappa shape index (κ3) is 2.23. The van der Waals surface area contributed by atoms with E-state index in [-0.39, 0.29) is 0 Å². The van der Waals surface area contributed by atoms with E-state index in [0.717, 1.165) is 0 Å². The molecule has 0 saturated carbocycles. The first-order valence-corrected chi connectivity index (χ1v) is 7.47. The second-order valence-electron chi connectivity index (χ2n) is 3.82. The molecule has 8 heteroatoms. The molecule has 0 unspecified atom stereocenters. The van der Waals surface area contributed by atoms with Crippen LogP contribution in [0, 0.1) is 0 Å². The summed E-state index contributed by atoms with van der Waals surface area (Å²) in [6, 6.07) is 0.538. The van der Waals surface area contributed by atoms with E-state index in [1.807, 2.05) is 0 Å². The van der Waals surface area contributed by atoms with Gasteiger partial charge in [0.25, 0.3) is 5.79 Å². The van der Waals surface area contributed by atoms with Crippen molar-refractivity contribution in [2.75, 3.05) is 42.7 Å². The van der Waals surface area contributed by atoms with Crippen LogP contribution in [0.15, 0.2) is 0 Å². The van der Waals surface area contributed by atoms with E-state index in [0.29, 0.717) is 12.5 Å². The van der Waals surface area contributed by atoms with Gasteiger partial charge in [-0.15, -0.1) is 0 Å². The van der Waals surface area contributed by atoms with Crippen LogP contribution in [0.1, 0.15) is 6.42 Å². The first-order valence-electron chi connectivity index (χ1n) is 5.54. The number of rotatable bonds is 6. The van der Waals surface area contributed by atoms with Crippen LogP contribution >= 0.6 is 0 Å². The molecule has 7 nitrogen and oxygen atoms in total. The van der Waals surface area contributed by atoms with E-state index in [4.69, 9.17) is 32.2 Å². The van der Waals surface area contributed by atoms with E-state index in [9.17, 15) is 0 Å². The zero-order chi connectivity index (χ0) is 13.9. The van der Waals surface area contributed by atoms with Gasteiger partial charge in [0.05, 0.1) is 0 Å². The van der Waals surface area contributed by atoms with Crippen molar-refractivity contribution in [2.45, 2.75) is 24.2 Å². The van der Waals surface area contributed by atoms with Gasteiger partial charge in [0.1, 0.15) is 0 Å². The van der Waals surface area contributed by atoms with Crippen molar-refractivity contribution in [3.8, 4) is 0 Å². The minimum absolute atomic E-state index is 0.468. The van der Waals surface area contributed by atoms with Crippen molar-refractivity contribution >= 4 is 8.80 Å². The summed E-state index contributed by atoms with van der Waals surface area (Å²) in [5.41, 5.74) is 0. The van der Waals surface area contributed by atoms with Gasteiger partial charge >= 0.3 is 14.8 Å². The zero-order valence-electron chi connectivity index (χ0n) is 11.8. The predicted octanol–water partition coefficient (Wildman–Crippen LogP) is 0.574. The molecule has 0 N–H and O–H groups in total. The number of ether oxygens (including phenoxy) is 4. The number of hydrogen-bond acceptors (Lipinski definition) is 7. The molecule has 0 atom stereocenters. The van der Waals surface area contributed by atoms with E-state index >= 15 is 0 Å². The second-order valence-corrected chi connectivity index (χ2v) is 6.71. The van der Waals surface area contributed by atoms with Crippen LogP contribution in [-0.4, -0.2) is 63.2 Å². The number of methoxy groups -OCH3 is 4. The Bertz CT molecular complexity index is 261. The fraction of sp³-hybridized carbons (Fsp3) is 1.00. The SMILES string of the molecule is COC1(OC)CC[Si](OC)(OC)OC1(OC)OC. The summed E-state index contributed by atoms with van der Waals surface area (Å²) in [4.78, 5) is 0. The largest absolute Gasteiger partial charge is 0.504 e. The minimum Gasteiger partial charge on any atom is -0.377 e. The highest BCUT2D eigenvalue weighted by molar-refractivity contribution is 6.60. The summed E-state index contributed by atoms with van der Waals surface area (Å²) in [6.07, 6.45) is 0.468. The molecule has 18 heavy (non-hydrogen) atoms. The topological polar surface area (TPSA) is 64.6 Å². The maximum Gasteiger partial charge on any atom is 0.504 e. The van der Waals surface area contributed by atoms with Crippen LogP contribution in [-0.2, 0) is 32.2 Å². The van der Waals surface area contributed by atoms with E-state index in [2.05, 4.69) is 0 Å². The molecule has 0 radical (unpaired) electrons. The first kappa shape index (κ1) is 16.0. The Balaban J connectivity index is 3.14. The molecular weight excluding hydrogens is 260 g/mol. The molecule has 0 aromatic carbocycles. The molecule has 0 bridgehead atoms. The molecule has 108 valence electrons. The Kier molecular flexibility index (Phi) is 5.27. The van der Waals surface area contributed by atoms with Crippen molar-refractivity contribution in [3.05, 3.63) is 0 Å². The Labute approximate surface area is 109 Å². The predicted molar refractivity (Wildman–Crippen MR) is 63.8 cm³/mol. The lowest BCUT2D eigenvalue weighted by Gasteiger charge is -2.51. The molecule has 1 rings (SSSR count). The zero-order valence-corrected chi connectivity index (χ0v) is 12.8. The van der Waals surface area contributed by atoms with Gasteiger partial charge in [0.2, 0.25) is 0 Å². The highest BCUT2D eigenvalue weighted by Crippen LogP contribution is 2.44. The van der Waals surface area contributed by atoms with Crippen LogP contribution in [0.4, 0.5) is 0 Å². The molecule has 1 aliphatic rings. The molecule has 0 spiro atoms. The molecule has 0 aromatic rings. The van der Waals surface area contributed by atoms with Gasteiger partial charge in [0.15, 0.2) is 0 Å². The smallest absolute Gasteiger partial charge is 0.377 e. The lowest BCUT2D eigenvalue weighted by Crippen LogP contribution is -2.70. The van der Waals surface area contributed by atoms with Crippen LogP contribution in [0.3, 0.4) is 0 Å². The van der Waals surface area contributed by atoms with E-state index in [1.54, 1.807) is 14.2 Å². The van der Waals surface area contributed by atoms with Crippen molar-refractivity contribution in [2.24, 2.45) is 0 Å². The molecule has 0 amide bonds. The normalized spacial score (nSPS) is 25.0. The van der Waals surface area contributed by atoms with Crippen LogP contribution in [0.5, 0.6) is 0 Å². The van der Waals surface area contributed by atoms with Gasteiger partial charge in [0, 0.05) is 55.1 Å². The summed E-state index contributed by atoms with van der Waals surface area (Å²) in [5, 5.41) is 0. The van der Waals surface area contributed by atoms with E-state index in [1.165, 1.54) is 28.4 Å². The van der Waals surface area contributed by atoms with Crippen molar-refractivity contribution < 1.29 is 32.2 Å². The average molecular weight is 282 g/mol. The quantitative estimate of drug-likeness (QED) is 0.521. The van der Waals surface area contributed by atoms with Gasteiger partial charge in [-0.05, 0) is 0 Å². The Morgan fingerprint density at radius 2 is 1.33 bits per heavy atom. The lowest BCUT2D eigenvalue weighted by atomic mass is 10.1. The van der Waals surface area contributed by atoms with Crippen molar-refractivity contribution in [1.82, 2.24) is 0 Å². The van der Waals surface area contributed by atoms with Crippen molar-refractivity contribution in [3.63, 3.8) is 0 Å². The minimum atomic E-state index is -2.84. The average Bonchev–Trinajstić information content (AvgIpc) is 2.46. The molecule has 1 saturated heterocycles. The monoisotopic (exact) mass is 282 g/mol. The maximum absolute atomic E-state index is 5.86. The third-order valence-electron chi connectivity index (χ3n) is 3.34. The standard InChI is InChI=1S/C10H22O7Si/c1-11-9(12-2)7-8-18(15-5,16-6)17-10(9,13-3)14-4/h7-8H2,1-6H3. The highest BCUT2D eigenvalue weighted by Gasteiger charge is 2.66. The van der Waals surface area contributed by atoms with Gasteiger partial charge in [-0.25, -0.2) is 0 Å². The summed E-state index contributed by atoms with van der Waals surface area (Å²) >= 11 is 0.